The molecule has 1 aromatic heterocycles. The van der Waals surface area contributed by atoms with Gasteiger partial charge >= 0.3 is 0 Å². The van der Waals surface area contributed by atoms with Crippen molar-refractivity contribution in [3.05, 3.63) is 41.7 Å². The number of aromatic nitrogens is 2. The second-order valence-corrected chi connectivity index (χ2v) is 6.09. The zero-order valence-corrected chi connectivity index (χ0v) is 14.5. The van der Waals surface area contributed by atoms with E-state index in [1.807, 2.05) is 0 Å². The molecule has 1 fully saturated rings. The summed E-state index contributed by atoms with van der Waals surface area (Å²) in [5.74, 6) is 4.51. The molecule has 0 unspecified atom stereocenters. The maximum atomic E-state index is 12.0. The van der Waals surface area contributed by atoms with Crippen LogP contribution in [0, 0.1) is 11.8 Å². The average molecular weight is 353 g/mol. The quantitative estimate of drug-likeness (QED) is 0.670. The number of aliphatic hydroxyl groups is 1. The van der Waals surface area contributed by atoms with Crippen molar-refractivity contribution in [2.24, 2.45) is 5.73 Å². The zero-order chi connectivity index (χ0) is 18.9. The standard InChI is InChI=1S/C18H19N5O3/c1-20-14-11-23(21-15(14)16(19)24)13-5-3-4-12(10-13)6-7-18(26)8-9-22(2)17(18)25/h3-5,10-11,20,26H,8-9H2,1-2H3,(H2,19,24)/t18-/m0/s1. The molecule has 0 spiro atoms. The van der Waals surface area contributed by atoms with Crippen LogP contribution in [-0.2, 0) is 4.79 Å². The number of carbonyl (C=O) groups is 2. The van der Waals surface area contributed by atoms with E-state index in [2.05, 4.69) is 22.3 Å². The van der Waals surface area contributed by atoms with Crippen LogP contribution >= 0.6 is 0 Å². The molecule has 1 aromatic carbocycles. The van der Waals surface area contributed by atoms with E-state index in [4.69, 9.17) is 5.73 Å². The van der Waals surface area contributed by atoms with E-state index in [0.717, 1.165) is 0 Å². The number of amides is 2. The van der Waals surface area contributed by atoms with E-state index < -0.39 is 17.4 Å². The molecule has 134 valence electrons. The first-order chi connectivity index (χ1) is 12.3. The molecule has 8 nitrogen and oxygen atoms in total. The fourth-order valence-electron chi connectivity index (χ4n) is 2.74. The molecule has 0 aliphatic carbocycles. The van der Waals surface area contributed by atoms with Crippen LogP contribution in [-0.4, -0.2) is 57.8 Å². The number of nitrogens with two attached hydrogens (primary N) is 1. The maximum Gasteiger partial charge on any atom is 0.271 e. The lowest BCUT2D eigenvalue weighted by Gasteiger charge is -2.13. The molecule has 2 amide bonds. The van der Waals surface area contributed by atoms with Gasteiger partial charge in [0.25, 0.3) is 11.8 Å². The summed E-state index contributed by atoms with van der Waals surface area (Å²) in [6.07, 6.45) is 1.93. The Morgan fingerprint density at radius 1 is 1.46 bits per heavy atom. The Hall–Kier alpha value is -3.31. The number of anilines is 1. The van der Waals surface area contributed by atoms with Crippen molar-refractivity contribution in [3.8, 4) is 17.5 Å². The summed E-state index contributed by atoms with van der Waals surface area (Å²) in [4.78, 5) is 24.9. The number of carbonyl (C=O) groups excluding carboxylic acids is 2. The third-order valence-electron chi connectivity index (χ3n) is 4.25. The van der Waals surface area contributed by atoms with Gasteiger partial charge in [-0.3, -0.25) is 9.59 Å². The summed E-state index contributed by atoms with van der Waals surface area (Å²) >= 11 is 0. The monoisotopic (exact) mass is 353 g/mol. The molecule has 0 bridgehead atoms. The van der Waals surface area contributed by atoms with Gasteiger partial charge in [-0.05, 0) is 18.2 Å². The van der Waals surface area contributed by atoms with Crippen molar-refractivity contribution < 1.29 is 14.7 Å². The molecule has 1 saturated heterocycles. The number of primary amides is 1. The van der Waals surface area contributed by atoms with Gasteiger partial charge in [-0.25, -0.2) is 4.68 Å². The predicted molar refractivity (Wildman–Crippen MR) is 95.7 cm³/mol. The normalized spacial score (nSPS) is 19.2. The molecule has 8 heteroatoms. The first kappa shape index (κ1) is 17.5. The number of hydrogen-bond donors (Lipinski definition) is 3. The number of nitrogens with one attached hydrogen (secondary N) is 1. The van der Waals surface area contributed by atoms with Gasteiger partial charge in [0.2, 0.25) is 5.60 Å². The summed E-state index contributed by atoms with van der Waals surface area (Å²) in [6.45, 7) is 0.472. The Bertz CT molecular complexity index is 940. The smallest absolute Gasteiger partial charge is 0.271 e. The van der Waals surface area contributed by atoms with Gasteiger partial charge in [0.05, 0.1) is 17.6 Å². The number of likely N-dealkylation sites (tertiary alicyclic amines) is 1. The second-order valence-electron chi connectivity index (χ2n) is 6.09. The predicted octanol–water partition coefficient (Wildman–Crippen LogP) is -0.0424. The van der Waals surface area contributed by atoms with Gasteiger partial charge in [-0.2, -0.15) is 5.10 Å². The van der Waals surface area contributed by atoms with Crippen molar-refractivity contribution >= 4 is 17.5 Å². The largest absolute Gasteiger partial charge is 0.385 e. The van der Waals surface area contributed by atoms with Crippen LogP contribution in [0.25, 0.3) is 5.69 Å². The van der Waals surface area contributed by atoms with E-state index in [1.54, 1.807) is 44.6 Å². The van der Waals surface area contributed by atoms with E-state index in [-0.39, 0.29) is 12.1 Å². The third kappa shape index (κ3) is 3.12. The SMILES string of the molecule is CNc1cn(-c2cccc(C#C[C@]3(O)CCN(C)C3=O)c2)nc1C(N)=O. The molecule has 2 heterocycles. The fraction of sp³-hybridized carbons (Fsp3) is 0.278. The Kier molecular flexibility index (Phi) is 4.40. The van der Waals surface area contributed by atoms with E-state index in [1.165, 1.54) is 9.58 Å². The number of hydrogen-bond acceptors (Lipinski definition) is 5. The number of rotatable bonds is 3. The highest BCUT2D eigenvalue weighted by molar-refractivity contribution is 5.96. The second kappa shape index (κ2) is 6.54. The zero-order valence-electron chi connectivity index (χ0n) is 14.5. The molecule has 4 N–H and O–H groups in total. The molecule has 3 rings (SSSR count). The summed E-state index contributed by atoms with van der Waals surface area (Å²) < 4.78 is 1.51. The summed E-state index contributed by atoms with van der Waals surface area (Å²) in [5, 5.41) is 17.4. The van der Waals surface area contributed by atoms with Gasteiger partial charge in [0, 0.05) is 32.6 Å². The van der Waals surface area contributed by atoms with Crippen LogP contribution in [0.5, 0.6) is 0 Å². The highest BCUT2D eigenvalue weighted by atomic mass is 16.3. The summed E-state index contributed by atoms with van der Waals surface area (Å²) in [7, 11) is 3.31. The fourth-order valence-corrected chi connectivity index (χ4v) is 2.74. The Labute approximate surface area is 150 Å². The van der Waals surface area contributed by atoms with E-state index in [0.29, 0.717) is 23.5 Å². The number of benzene rings is 1. The third-order valence-corrected chi connectivity index (χ3v) is 4.25. The first-order valence-corrected chi connectivity index (χ1v) is 8.03. The molecule has 2 aromatic rings. The molecular weight excluding hydrogens is 334 g/mol. The van der Waals surface area contributed by atoms with Crippen LogP contribution in [0.15, 0.2) is 30.5 Å². The van der Waals surface area contributed by atoms with Crippen molar-refractivity contribution in [1.29, 1.82) is 0 Å². The minimum atomic E-state index is -1.64. The lowest BCUT2D eigenvalue weighted by Crippen LogP contribution is -2.37. The van der Waals surface area contributed by atoms with Crippen LogP contribution in [0.4, 0.5) is 5.69 Å². The Morgan fingerprint density at radius 2 is 2.23 bits per heavy atom. The molecule has 26 heavy (non-hydrogen) atoms. The molecular formula is C18H19N5O3. The lowest BCUT2D eigenvalue weighted by molar-refractivity contribution is -0.137. The topological polar surface area (TPSA) is 113 Å². The minimum absolute atomic E-state index is 0.137. The highest BCUT2D eigenvalue weighted by Crippen LogP contribution is 2.21. The van der Waals surface area contributed by atoms with E-state index >= 15 is 0 Å². The van der Waals surface area contributed by atoms with Crippen LogP contribution in [0.3, 0.4) is 0 Å². The summed E-state index contributed by atoms with van der Waals surface area (Å²) in [5.41, 5.74) is 5.62. The molecule has 0 saturated carbocycles. The van der Waals surface area contributed by atoms with Crippen molar-refractivity contribution in [2.75, 3.05) is 26.0 Å². The van der Waals surface area contributed by atoms with Gasteiger partial charge in [-0.15, -0.1) is 0 Å². The van der Waals surface area contributed by atoms with Gasteiger partial charge in [0.1, 0.15) is 0 Å². The number of likely N-dealkylation sites (N-methyl/N-ethyl adjacent to an activating group) is 1. The minimum Gasteiger partial charge on any atom is -0.385 e. The molecule has 1 aliphatic rings. The van der Waals surface area contributed by atoms with Crippen LogP contribution in [0.1, 0.15) is 22.5 Å². The van der Waals surface area contributed by atoms with Crippen LogP contribution in [0.2, 0.25) is 0 Å². The summed E-state index contributed by atoms with van der Waals surface area (Å²) in [6, 6.07) is 7.08. The van der Waals surface area contributed by atoms with Crippen molar-refractivity contribution in [2.45, 2.75) is 12.0 Å². The van der Waals surface area contributed by atoms with Crippen molar-refractivity contribution in [3.63, 3.8) is 0 Å². The maximum absolute atomic E-state index is 12.0. The number of nitrogens with zero attached hydrogens (tertiary/aromatic N) is 3. The van der Waals surface area contributed by atoms with Gasteiger partial charge in [-0.1, -0.05) is 17.9 Å². The van der Waals surface area contributed by atoms with Crippen molar-refractivity contribution in [1.82, 2.24) is 14.7 Å². The highest BCUT2D eigenvalue weighted by Gasteiger charge is 2.42. The Balaban J connectivity index is 1.92. The molecule has 1 atom stereocenters. The first-order valence-electron chi connectivity index (χ1n) is 8.03. The van der Waals surface area contributed by atoms with Gasteiger partial charge < -0.3 is 21.1 Å². The van der Waals surface area contributed by atoms with Crippen LogP contribution < -0.4 is 11.1 Å². The van der Waals surface area contributed by atoms with E-state index in [9.17, 15) is 14.7 Å². The van der Waals surface area contributed by atoms with Gasteiger partial charge in [0.15, 0.2) is 5.69 Å². The molecule has 0 radical (unpaired) electrons. The average Bonchev–Trinajstić information content (AvgIpc) is 3.18. The lowest BCUT2D eigenvalue weighted by atomic mass is 10.0. The Morgan fingerprint density at radius 3 is 2.81 bits per heavy atom. The molecule has 1 aliphatic heterocycles.